The highest BCUT2D eigenvalue weighted by Crippen LogP contribution is 2.30. The Morgan fingerprint density at radius 2 is 1.96 bits per heavy atom. The third-order valence-electron chi connectivity index (χ3n) is 3.10. The Bertz CT molecular complexity index is 751. The van der Waals surface area contributed by atoms with Crippen LogP contribution in [0.5, 0.6) is 0 Å². The van der Waals surface area contributed by atoms with Crippen molar-refractivity contribution < 1.29 is 27.9 Å². The first-order chi connectivity index (χ1) is 10.7. The van der Waals surface area contributed by atoms with Gasteiger partial charge in [-0.05, 0) is 29.8 Å². The molecule has 23 heavy (non-hydrogen) atoms. The van der Waals surface area contributed by atoms with Crippen LogP contribution in [0.3, 0.4) is 0 Å². The number of carbonyl (C=O) groups is 2. The van der Waals surface area contributed by atoms with Crippen LogP contribution < -0.4 is 5.32 Å². The minimum Gasteiger partial charge on any atom is -0.481 e. The Hall–Kier alpha value is -2.77. The van der Waals surface area contributed by atoms with Crippen molar-refractivity contribution in [2.24, 2.45) is 7.05 Å². The summed E-state index contributed by atoms with van der Waals surface area (Å²) in [4.78, 5) is 22.8. The first-order valence-corrected chi connectivity index (χ1v) is 6.52. The Morgan fingerprint density at radius 1 is 1.26 bits per heavy atom. The van der Waals surface area contributed by atoms with Crippen LogP contribution in [0.1, 0.15) is 21.6 Å². The summed E-state index contributed by atoms with van der Waals surface area (Å²) in [5.41, 5.74) is -0.285. The van der Waals surface area contributed by atoms with E-state index in [-0.39, 0.29) is 17.8 Å². The summed E-state index contributed by atoms with van der Waals surface area (Å²) in [7, 11) is 1.55. The average Bonchev–Trinajstić information content (AvgIpc) is 2.78. The highest BCUT2D eigenvalue weighted by Gasteiger charge is 2.30. The molecule has 0 aliphatic heterocycles. The van der Waals surface area contributed by atoms with E-state index < -0.39 is 23.6 Å². The molecule has 0 fully saturated rings. The van der Waals surface area contributed by atoms with Gasteiger partial charge in [0.15, 0.2) is 0 Å². The summed E-state index contributed by atoms with van der Waals surface area (Å²) >= 11 is 0. The van der Waals surface area contributed by atoms with Crippen LogP contribution in [0, 0.1) is 0 Å². The van der Waals surface area contributed by atoms with Crippen LogP contribution in [0.15, 0.2) is 36.5 Å². The van der Waals surface area contributed by atoms with E-state index in [0.717, 1.165) is 12.1 Å². The number of hydrogen-bond acceptors (Lipinski definition) is 2. The van der Waals surface area contributed by atoms with Crippen molar-refractivity contribution in [2.45, 2.75) is 12.6 Å². The number of amides is 1. The largest absolute Gasteiger partial charge is 0.481 e. The van der Waals surface area contributed by atoms with Crippen LogP contribution in [-0.2, 0) is 24.4 Å². The molecule has 8 heteroatoms. The van der Waals surface area contributed by atoms with E-state index in [1.54, 1.807) is 7.05 Å². The molecule has 0 saturated heterocycles. The number of aromatic nitrogens is 1. The summed E-state index contributed by atoms with van der Waals surface area (Å²) in [5, 5.41) is 11.1. The van der Waals surface area contributed by atoms with Crippen molar-refractivity contribution in [3.63, 3.8) is 0 Å². The van der Waals surface area contributed by atoms with Gasteiger partial charge >= 0.3 is 12.1 Å². The molecule has 0 bridgehead atoms. The number of benzene rings is 1. The maximum Gasteiger partial charge on any atom is 0.416 e. The van der Waals surface area contributed by atoms with Gasteiger partial charge < -0.3 is 15.0 Å². The monoisotopic (exact) mass is 326 g/mol. The van der Waals surface area contributed by atoms with Gasteiger partial charge in [0.25, 0.3) is 5.91 Å². The topological polar surface area (TPSA) is 71.3 Å². The van der Waals surface area contributed by atoms with Gasteiger partial charge in [-0.1, -0.05) is 6.07 Å². The van der Waals surface area contributed by atoms with Gasteiger partial charge in [-0.15, -0.1) is 0 Å². The zero-order valence-electron chi connectivity index (χ0n) is 12.0. The van der Waals surface area contributed by atoms with Crippen molar-refractivity contribution in [3.05, 3.63) is 53.3 Å². The van der Waals surface area contributed by atoms with E-state index in [1.807, 2.05) is 0 Å². The third-order valence-corrected chi connectivity index (χ3v) is 3.10. The second-order valence-electron chi connectivity index (χ2n) is 4.95. The van der Waals surface area contributed by atoms with Crippen molar-refractivity contribution in [1.82, 2.24) is 4.57 Å². The average molecular weight is 326 g/mol. The zero-order chi connectivity index (χ0) is 17.2. The number of aryl methyl sites for hydroxylation is 1. The molecule has 1 heterocycles. The maximum atomic E-state index is 12.6. The standard InChI is InChI=1S/C15H13F3N2O3/c1-20-8-9(6-13(21)22)5-12(20)14(23)19-11-4-2-3-10(7-11)15(16,17)18/h2-5,7-8H,6H2,1H3,(H,19,23)(H,21,22). The van der Waals surface area contributed by atoms with E-state index in [0.29, 0.717) is 5.56 Å². The SMILES string of the molecule is Cn1cc(CC(=O)O)cc1C(=O)Nc1cccc(C(F)(F)F)c1. The van der Waals surface area contributed by atoms with Crippen LogP contribution >= 0.6 is 0 Å². The lowest BCUT2D eigenvalue weighted by atomic mass is 10.2. The summed E-state index contributed by atoms with van der Waals surface area (Å²) in [5.74, 6) is -1.66. The molecular formula is C15H13F3N2O3. The van der Waals surface area contributed by atoms with E-state index in [1.165, 1.54) is 29.0 Å². The first kappa shape index (κ1) is 16.6. The fourth-order valence-electron chi connectivity index (χ4n) is 2.10. The number of hydrogen-bond donors (Lipinski definition) is 2. The van der Waals surface area contributed by atoms with Crippen LogP contribution in [-0.4, -0.2) is 21.6 Å². The van der Waals surface area contributed by atoms with Crippen molar-refractivity contribution in [1.29, 1.82) is 0 Å². The Balaban J connectivity index is 2.19. The number of carbonyl (C=O) groups excluding carboxylic acids is 1. The highest BCUT2D eigenvalue weighted by molar-refractivity contribution is 6.03. The van der Waals surface area contributed by atoms with Crippen LogP contribution in [0.4, 0.5) is 18.9 Å². The number of anilines is 1. The number of rotatable bonds is 4. The van der Waals surface area contributed by atoms with Gasteiger partial charge in [-0.3, -0.25) is 9.59 Å². The molecule has 1 amide bonds. The number of aliphatic carboxylic acids is 1. The third kappa shape index (κ3) is 4.12. The minimum absolute atomic E-state index is 0.00538. The molecule has 0 unspecified atom stereocenters. The van der Waals surface area contributed by atoms with Gasteiger partial charge in [-0.25, -0.2) is 0 Å². The predicted octanol–water partition coefficient (Wildman–Crippen LogP) is 2.92. The summed E-state index contributed by atoms with van der Waals surface area (Å²) in [6, 6.07) is 5.66. The molecule has 5 nitrogen and oxygen atoms in total. The Kier molecular flexibility index (Phi) is 4.44. The second kappa shape index (κ2) is 6.15. The van der Waals surface area contributed by atoms with E-state index in [4.69, 9.17) is 5.11 Å². The molecule has 0 aliphatic carbocycles. The van der Waals surface area contributed by atoms with Crippen molar-refractivity contribution in [2.75, 3.05) is 5.32 Å². The van der Waals surface area contributed by atoms with Crippen LogP contribution in [0.2, 0.25) is 0 Å². The molecule has 2 N–H and O–H groups in total. The minimum atomic E-state index is -4.50. The Morgan fingerprint density at radius 3 is 2.57 bits per heavy atom. The lowest BCUT2D eigenvalue weighted by molar-refractivity contribution is -0.138. The van der Waals surface area contributed by atoms with Crippen molar-refractivity contribution in [3.8, 4) is 0 Å². The predicted molar refractivity (Wildman–Crippen MR) is 76.2 cm³/mol. The first-order valence-electron chi connectivity index (χ1n) is 6.52. The molecule has 0 spiro atoms. The zero-order valence-corrected chi connectivity index (χ0v) is 12.0. The molecule has 122 valence electrons. The number of carboxylic acids is 1. The Labute approximate surface area is 129 Å². The van der Waals surface area contributed by atoms with Crippen LogP contribution in [0.25, 0.3) is 0 Å². The van der Waals surface area contributed by atoms with Gasteiger partial charge in [0, 0.05) is 18.9 Å². The molecule has 1 aromatic carbocycles. The molecule has 1 aromatic heterocycles. The van der Waals surface area contributed by atoms with E-state index in [2.05, 4.69) is 5.32 Å². The number of alkyl halides is 3. The molecule has 0 saturated carbocycles. The van der Waals surface area contributed by atoms with Gasteiger partial charge in [-0.2, -0.15) is 13.2 Å². The molecule has 0 radical (unpaired) electrons. The lowest BCUT2D eigenvalue weighted by Gasteiger charge is -2.10. The maximum absolute atomic E-state index is 12.6. The number of halogens is 3. The molecule has 2 aromatic rings. The lowest BCUT2D eigenvalue weighted by Crippen LogP contribution is -2.16. The van der Waals surface area contributed by atoms with E-state index in [9.17, 15) is 22.8 Å². The van der Waals surface area contributed by atoms with Gasteiger partial charge in [0.2, 0.25) is 0 Å². The summed E-state index contributed by atoms with van der Waals surface area (Å²) in [6.45, 7) is 0. The summed E-state index contributed by atoms with van der Waals surface area (Å²) in [6.07, 6.45) is -3.26. The fraction of sp³-hybridized carbons (Fsp3) is 0.200. The van der Waals surface area contributed by atoms with E-state index >= 15 is 0 Å². The highest BCUT2D eigenvalue weighted by atomic mass is 19.4. The van der Waals surface area contributed by atoms with Gasteiger partial charge in [0.1, 0.15) is 5.69 Å². The molecule has 2 rings (SSSR count). The molecule has 0 atom stereocenters. The number of nitrogens with one attached hydrogen (secondary N) is 1. The normalized spacial score (nSPS) is 11.3. The number of nitrogens with zero attached hydrogens (tertiary/aromatic N) is 1. The second-order valence-corrected chi connectivity index (χ2v) is 4.95. The number of carboxylic acid groups (broad SMARTS) is 1. The smallest absolute Gasteiger partial charge is 0.416 e. The fourth-order valence-corrected chi connectivity index (χ4v) is 2.10. The van der Waals surface area contributed by atoms with Gasteiger partial charge in [0.05, 0.1) is 12.0 Å². The molecule has 0 aliphatic rings. The summed E-state index contributed by atoms with van der Waals surface area (Å²) < 4.78 is 39.4. The quantitative estimate of drug-likeness (QED) is 0.907. The molecular weight excluding hydrogens is 313 g/mol. The van der Waals surface area contributed by atoms with Crippen molar-refractivity contribution >= 4 is 17.6 Å².